The molecular weight excluding hydrogens is 201 g/mol. The number of hydrogen-bond acceptors (Lipinski definition) is 4. The maximum atomic E-state index is 13.0. The largest absolute Gasteiger partial charge is 0.478 e. The molecule has 6 heteroatoms. The molecule has 0 amide bonds. The van der Waals surface area contributed by atoms with Crippen molar-refractivity contribution >= 4 is 17.3 Å². The molecule has 0 saturated carbocycles. The van der Waals surface area contributed by atoms with E-state index in [4.69, 9.17) is 10.8 Å². The maximum absolute atomic E-state index is 13.0. The summed E-state index contributed by atoms with van der Waals surface area (Å²) in [6, 6.07) is 2.45. The highest BCUT2D eigenvalue weighted by atomic mass is 19.1. The Morgan fingerprint density at radius 2 is 2.13 bits per heavy atom. The number of carboxylic acids is 1. The Balaban J connectivity index is 3.27. The van der Waals surface area contributed by atoms with Crippen LogP contribution in [0.1, 0.15) is 10.4 Å². The molecule has 0 aliphatic rings. The number of hydrogen-bond donors (Lipinski definition) is 3. The average Bonchev–Trinajstić information content (AvgIpc) is 2.10. The lowest BCUT2D eigenvalue weighted by Crippen LogP contribution is -2.22. The molecule has 1 aromatic rings. The van der Waals surface area contributed by atoms with Crippen LogP contribution in [-0.4, -0.2) is 30.2 Å². The van der Waals surface area contributed by atoms with Crippen molar-refractivity contribution in [1.29, 1.82) is 0 Å². The zero-order chi connectivity index (χ0) is 11.6. The minimum Gasteiger partial charge on any atom is -0.478 e. The monoisotopic (exact) mass is 213 g/mol. The van der Waals surface area contributed by atoms with Crippen LogP contribution in [0.3, 0.4) is 0 Å². The number of halogens is 1. The highest BCUT2D eigenvalue weighted by Crippen LogP contribution is 2.25. The number of carboxylic acid groups (broad SMARTS) is 1. The molecule has 0 aliphatic carbocycles. The van der Waals surface area contributed by atoms with Gasteiger partial charge in [-0.3, -0.25) is 0 Å². The number of nitrogen functional groups attached to an aromatic ring is 1. The van der Waals surface area contributed by atoms with Crippen LogP contribution in [0.5, 0.6) is 0 Å². The van der Waals surface area contributed by atoms with E-state index in [0.717, 1.165) is 6.07 Å². The Bertz CT molecular complexity index is 393. The Morgan fingerprint density at radius 1 is 1.53 bits per heavy atom. The molecule has 0 bridgehead atoms. The summed E-state index contributed by atoms with van der Waals surface area (Å²) < 4.78 is 13.0. The van der Waals surface area contributed by atoms with Crippen molar-refractivity contribution in [3.63, 3.8) is 0 Å². The topological polar surface area (TPSA) is 78.6 Å². The third-order valence-electron chi connectivity index (χ3n) is 1.75. The van der Waals surface area contributed by atoms with Gasteiger partial charge in [0, 0.05) is 14.1 Å². The third-order valence-corrected chi connectivity index (χ3v) is 1.75. The predicted octanol–water partition coefficient (Wildman–Crippen LogP) is 0.995. The van der Waals surface area contributed by atoms with Crippen molar-refractivity contribution in [2.75, 3.05) is 25.3 Å². The first kappa shape index (κ1) is 11.3. The van der Waals surface area contributed by atoms with Crippen molar-refractivity contribution in [2.45, 2.75) is 0 Å². The standard InChI is InChI=1S/C9H12FN3O2/c1-13(2)12-6-4-3-5(10)8(11)7(6)9(14)15/h3-4,12H,11H2,1-2H3,(H,14,15). The van der Waals surface area contributed by atoms with Gasteiger partial charge in [-0.25, -0.2) is 14.2 Å². The molecule has 0 radical (unpaired) electrons. The summed E-state index contributed by atoms with van der Waals surface area (Å²) in [7, 11) is 3.37. The minimum absolute atomic E-state index is 0.256. The van der Waals surface area contributed by atoms with E-state index < -0.39 is 11.8 Å². The molecule has 15 heavy (non-hydrogen) atoms. The van der Waals surface area contributed by atoms with Crippen LogP contribution in [0.2, 0.25) is 0 Å². The van der Waals surface area contributed by atoms with Crippen LogP contribution in [0.15, 0.2) is 12.1 Å². The zero-order valence-corrected chi connectivity index (χ0v) is 8.41. The second-order valence-electron chi connectivity index (χ2n) is 3.20. The molecule has 1 aromatic carbocycles. The van der Waals surface area contributed by atoms with Crippen LogP contribution >= 0.6 is 0 Å². The first-order valence-electron chi connectivity index (χ1n) is 4.18. The molecule has 82 valence electrons. The van der Waals surface area contributed by atoms with Gasteiger partial charge in [-0.15, -0.1) is 0 Å². The number of carbonyl (C=O) groups is 1. The number of nitrogens with zero attached hydrogens (tertiary/aromatic N) is 1. The Labute approximate surface area is 86.3 Å². The van der Waals surface area contributed by atoms with Crippen molar-refractivity contribution < 1.29 is 14.3 Å². The number of aromatic carboxylic acids is 1. The number of nitrogens with one attached hydrogen (secondary N) is 1. The predicted molar refractivity (Wildman–Crippen MR) is 55.1 cm³/mol. The van der Waals surface area contributed by atoms with E-state index in [1.54, 1.807) is 19.1 Å². The number of hydrazine groups is 1. The quantitative estimate of drug-likeness (QED) is 0.515. The van der Waals surface area contributed by atoms with Crippen LogP contribution < -0.4 is 11.2 Å². The first-order chi connectivity index (χ1) is 6.93. The van der Waals surface area contributed by atoms with Crippen molar-refractivity contribution in [2.24, 2.45) is 0 Å². The maximum Gasteiger partial charge on any atom is 0.340 e. The second kappa shape index (κ2) is 4.14. The van der Waals surface area contributed by atoms with Gasteiger partial charge in [0.25, 0.3) is 0 Å². The summed E-state index contributed by atoms with van der Waals surface area (Å²) in [5.41, 5.74) is 7.70. The molecule has 0 spiro atoms. The van der Waals surface area contributed by atoms with Gasteiger partial charge < -0.3 is 16.3 Å². The molecule has 1 rings (SSSR count). The van der Waals surface area contributed by atoms with E-state index in [0.29, 0.717) is 0 Å². The van der Waals surface area contributed by atoms with Gasteiger partial charge in [0.05, 0.1) is 11.4 Å². The van der Waals surface area contributed by atoms with Crippen LogP contribution in [0.4, 0.5) is 15.8 Å². The van der Waals surface area contributed by atoms with Crippen LogP contribution in [0.25, 0.3) is 0 Å². The lowest BCUT2D eigenvalue weighted by atomic mass is 10.1. The molecule has 0 aliphatic heterocycles. The second-order valence-corrected chi connectivity index (χ2v) is 3.20. The van der Waals surface area contributed by atoms with E-state index >= 15 is 0 Å². The van der Waals surface area contributed by atoms with Crippen LogP contribution in [0, 0.1) is 5.82 Å². The molecule has 0 saturated heterocycles. The summed E-state index contributed by atoms with van der Waals surface area (Å²) >= 11 is 0. The van der Waals surface area contributed by atoms with Crippen molar-refractivity contribution in [3.8, 4) is 0 Å². The molecule has 0 heterocycles. The highest BCUT2D eigenvalue weighted by molar-refractivity contribution is 5.99. The smallest absolute Gasteiger partial charge is 0.340 e. The summed E-state index contributed by atoms with van der Waals surface area (Å²) in [5.74, 6) is -2.01. The molecular formula is C9H12FN3O2. The molecule has 5 nitrogen and oxygen atoms in total. The molecule has 4 N–H and O–H groups in total. The number of anilines is 2. The number of rotatable bonds is 3. The lowest BCUT2D eigenvalue weighted by molar-refractivity contribution is 0.0698. The van der Waals surface area contributed by atoms with E-state index in [2.05, 4.69) is 5.43 Å². The zero-order valence-electron chi connectivity index (χ0n) is 8.41. The van der Waals surface area contributed by atoms with Crippen molar-refractivity contribution in [1.82, 2.24) is 5.01 Å². The van der Waals surface area contributed by atoms with Gasteiger partial charge in [0.2, 0.25) is 0 Å². The summed E-state index contributed by atoms with van der Waals surface area (Å²) in [5, 5.41) is 10.4. The van der Waals surface area contributed by atoms with Crippen molar-refractivity contribution in [3.05, 3.63) is 23.5 Å². The Hall–Kier alpha value is -1.82. The van der Waals surface area contributed by atoms with Gasteiger partial charge in [-0.2, -0.15) is 0 Å². The summed E-state index contributed by atoms with van der Waals surface area (Å²) in [4.78, 5) is 10.9. The van der Waals surface area contributed by atoms with Crippen LogP contribution in [-0.2, 0) is 0 Å². The number of benzene rings is 1. The van der Waals surface area contributed by atoms with E-state index in [9.17, 15) is 9.18 Å². The minimum atomic E-state index is -1.27. The number of nitrogens with two attached hydrogens (primary N) is 1. The Kier molecular flexibility index (Phi) is 3.11. The Morgan fingerprint density at radius 3 is 2.60 bits per heavy atom. The van der Waals surface area contributed by atoms with E-state index in [1.165, 1.54) is 6.07 Å². The average molecular weight is 213 g/mol. The lowest BCUT2D eigenvalue weighted by Gasteiger charge is -2.16. The third kappa shape index (κ3) is 2.35. The summed E-state index contributed by atoms with van der Waals surface area (Å²) in [6.07, 6.45) is 0. The fourth-order valence-electron chi connectivity index (χ4n) is 1.16. The fraction of sp³-hybridized carbons (Fsp3) is 0.222. The fourth-order valence-corrected chi connectivity index (χ4v) is 1.16. The SMILES string of the molecule is CN(C)Nc1ccc(F)c(N)c1C(=O)O. The molecule has 0 fully saturated rings. The van der Waals surface area contributed by atoms with E-state index in [-0.39, 0.29) is 16.9 Å². The normalized spacial score (nSPS) is 10.4. The first-order valence-corrected chi connectivity index (χ1v) is 4.18. The molecule has 0 aromatic heterocycles. The highest BCUT2D eigenvalue weighted by Gasteiger charge is 2.17. The van der Waals surface area contributed by atoms with Gasteiger partial charge in [-0.1, -0.05) is 0 Å². The van der Waals surface area contributed by atoms with Gasteiger partial charge in [0.15, 0.2) is 0 Å². The van der Waals surface area contributed by atoms with Gasteiger partial charge in [0.1, 0.15) is 11.4 Å². The van der Waals surface area contributed by atoms with Gasteiger partial charge >= 0.3 is 5.97 Å². The summed E-state index contributed by atoms with van der Waals surface area (Å²) in [6.45, 7) is 0. The van der Waals surface area contributed by atoms with E-state index in [1.807, 2.05) is 0 Å². The molecule has 0 unspecified atom stereocenters. The van der Waals surface area contributed by atoms with Gasteiger partial charge in [-0.05, 0) is 12.1 Å². The molecule has 0 atom stereocenters.